The summed E-state index contributed by atoms with van der Waals surface area (Å²) in [6.07, 6.45) is 0.360. The second kappa shape index (κ2) is 5.66. The number of nitrogens with two attached hydrogens (primary N) is 1. The Balaban J connectivity index is 2.39. The van der Waals surface area contributed by atoms with Gasteiger partial charge in [0.15, 0.2) is 0 Å². The van der Waals surface area contributed by atoms with Gasteiger partial charge in [-0.3, -0.25) is 9.69 Å². The number of hydrogen-bond donors (Lipinski definition) is 1. The van der Waals surface area contributed by atoms with E-state index < -0.39 is 23.6 Å². The largest absolute Gasteiger partial charge is 0.444 e. The van der Waals surface area contributed by atoms with Crippen LogP contribution in [0.2, 0.25) is 0 Å². The molecule has 2 heterocycles. The summed E-state index contributed by atoms with van der Waals surface area (Å²) in [5.41, 5.74) is 7.06. The predicted octanol–water partition coefficient (Wildman–Crippen LogP) is 2.22. The van der Waals surface area contributed by atoms with Crippen molar-refractivity contribution in [1.29, 1.82) is 0 Å². The Kier molecular flexibility index (Phi) is 4.22. The lowest BCUT2D eigenvalue weighted by Gasteiger charge is -2.41. The van der Waals surface area contributed by atoms with Crippen molar-refractivity contribution in [1.82, 2.24) is 9.47 Å². The van der Waals surface area contributed by atoms with Gasteiger partial charge in [-0.15, -0.1) is 0 Å². The third-order valence-electron chi connectivity index (χ3n) is 3.94. The summed E-state index contributed by atoms with van der Waals surface area (Å²) in [6, 6.07) is 3.07. The number of ether oxygens (including phenoxy) is 1. The van der Waals surface area contributed by atoms with Crippen molar-refractivity contribution in [3.63, 3.8) is 0 Å². The molecule has 2 N–H and O–H groups in total. The minimum absolute atomic E-state index is 0.263. The number of carbonyl (C=O) groups excluding carboxylic acids is 2. The fraction of sp³-hybridized carbons (Fsp3) is 0.625. The van der Waals surface area contributed by atoms with Gasteiger partial charge in [0.25, 0.3) is 0 Å². The first-order valence-corrected chi connectivity index (χ1v) is 7.64. The quantitative estimate of drug-likeness (QED) is 0.910. The molecule has 2 unspecified atom stereocenters. The van der Waals surface area contributed by atoms with Gasteiger partial charge in [0, 0.05) is 11.4 Å². The van der Waals surface area contributed by atoms with E-state index in [0.717, 1.165) is 17.8 Å². The number of primary amides is 1. The van der Waals surface area contributed by atoms with Gasteiger partial charge >= 0.3 is 6.09 Å². The number of nitrogens with zero attached hydrogens (tertiary/aromatic N) is 2. The lowest BCUT2D eigenvalue weighted by Crippen LogP contribution is -2.55. The molecule has 6 heteroatoms. The number of amides is 2. The molecule has 0 radical (unpaired) electrons. The van der Waals surface area contributed by atoms with Gasteiger partial charge in [-0.25, -0.2) is 4.79 Å². The van der Waals surface area contributed by atoms with E-state index in [-0.39, 0.29) is 6.04 Å². The molecule has 1 aromatic heterocycles. The molecule has 0 aromatic carbocycles. The lowest BCUT2D eigenvalue weighted by molar-refractivity contribution is -0.125. The van der Waals surface area contributed by atoms with E-state index in [1.807, 2.05) is 19.1 Å². The van der Waals surface area contributed by atoms with Gasteiger partial charge in [-0.1, -0.05) is 6.92 Å². The Bertz CT molecular complexity index is 586. The Morgan fingerprint density at radius 2 is 2.00 bits per heavy atom. The first kappa shape index (κ1) is 16.4. The average molecular weight is 307 g/mol. The number of carbonyl (C=O) groups is 2. The van der Waals surface area contributed by atoms with Gasteiger partial charge < -0.3 is 15.0 Å². The zero-order valence-corrected chi connectivity index (χ0v) is 13.9. The molecular formula is C16H25N3O3. The third-order valence-corrected chi connectivity index (χ3v) is 3.94. The van der Waals surface area contributed by atoms with Crippen LogP contribution in [-0.4, -0.2) is 33.1 Å². The van der Waals surface area contributed by atoms with E-state index in [2.05, 4.69) is 11.5 Å². The summed E-state index contributed by atoms with van der Waals surface area (Å²) in [7, 11) is 0. The van der Waals surface area contributed by atoms with Crippen LogP contribution in [0.25, 0.3) is 0 Å². The van der Waals surface area contributed by atoms with Crippen molar-refractivity contribution in [2.75, 3.05) is 0 Å². The SMILES string of the molecule is CCc1ccc2n1CC(C(N)=O)N(C(=O)OC(C)(C)C)C2C. The van der Waals surface area contributed by atoms with E-state index in [4.69, 9.17) is 10.5 Å². The highest BCUT2D eigenvalue weighted by Gasteiger charge is 2.40. The molecule has 6 nitrogen and oxygen atoms in total. The Hall–Kier alpha value is -1.98. The van der Waals surface area contributed by atoms with Crippen LogP contribution in [0.1, 0.15) is 52.0 Å². The Morgan fingerprint density at radius 1 is 1.36 bits per heavy atom. The summed E-state index contributed by atoms with van der Waals surface area (Å²) >= 11 is 0. The molecule has 0 saturated carbocycles. The number of aryl methyl sites for hydroxylation is 1. The second-order valence-electron chi connectivity index (χ2n) is 6.70. The van der Waals surface area contributed by atoms with Crippen LogP contribution in [0, 0.1) is 0 Å². The van der Waals surface area contributed by atoms with E-state index in [9.17, 15) is 9.59 Å². The highest BCUT2D eigenvalue weighted by atomic mass is 16.6. The molecule has 0 bridgehead atoms. The maximum Gasteiger partial charge on any atom is 0.411 e. The Labute approximate surface area is 131 Å². The minimum atomic E-state index is -0.699. The molecular weight excluding hydrogens is 282 g/mol. The van der Waals surface area contributed by atoms with Crippen LogP contribution in [0.5, 0.6) is 0 Å². The van der Waals surface area contributed by atoms with Crippen LogP contribution in [0.15, 0.2) is 12.1 Å². The molecule has 0 spiro atoms. The number of hydrogen-bond acceptors (Lipinski definition) is 3. The van der Waals surface area contributed by atoms with E-state index in [1.165, 1.54) is 4.90 Å². The molecule has 1 aliphatic rings. The van der Waals surface area contributed by atoms with Gasteiger partial charge in [-0.2, -0.15) is 0 Å². The molecule has 122 valence electrons. The normalized spacial score (nSPS) is 21.4. The molecule has 0 aliphatic carbocycles. The summed E-state index contributed by atoms with van der Waals surface area (Å²) in [4.78, 5) is 25.8. The molecule has 1 aliphatic heterocycles. The molecule has 1 aromatic rings. The predicted molar refractivity (Wildman–Crippen MR) is 83.3 cm³/mol. The minimum Gasteiger partial charge on any atom is -0.444 e. The smallest absolute Gasteiger partial charge is 0.411 e. The molecule has 22 heavy (non-hydrogen) atoms. The summed E-state index contributed by atoms with van der Waals surface area (Å²) in [5.74, 6) is -0.515. The summed E-state index contributed by atoms with van der Waals surface area (Å²) in [5, 5.41) is 0. The van der Waals surface area contributed by atoms with Crippen LogP contribution in [-0.2, 0) is 22.5 Å². The second-order valence-corrected chi connectivity index (χ2v) is 6.70. The van der Waals surface area contributed by atoms with Gasteiger partial charge in [0.2, 0.25) is 5.91 Å². The summed E-state index contributed by atoms with van der Waals surface area (Å²) in [6.45, 7) is 9.74. The van der Waals surface area contributed by atoms with Gasteiger partial charge in [0.05, 0.1) is 12.6 Å². The van der Waals surface area contributed by atoms with E-state index in [0.29, 0.717) is 6.54 Å². The summed E-state index contributed by atoms with van der Waals surface area (Å²) < 4.78 is 7.53. The first-order chi connectivity index (χ1) is 10.2. The molecule has 2 amide bonds. The van der Waals surface area contributed by atoms with Crippen LogP contribution in [0.4, 0.5) is 4.79 Å². The highest BCUT2D eigenvalue weighted by Crippen LogP contribution is 2.32. The number of rotatable bonds is 2. The van der Waals surface area contributed by atoms with Crippen molar-refractivity contribution in [3.8, 4) is 0 Å². The van der Waals surface area contributed by atoms with E-state index in [1.54, 1.807) is 20.8 Å². The standard InChI is InChI=1S/C16H25N3O3/c1-6-11-7-8-12-10(2)19(15(21)22-16(3,4)5)13(14(17)20)9-18(11)12/h7-8,10,13H,6,9H2,1-5H3,(H2,17,20). The van der Waals surface area contributed by atoms with Gasteiger partial charge in [-0.05, 0) is 46.2 Å². The van der Waals surface area contributed by atoms with Gasteiger partial charge in [0.1, 0.15) is 11.6 Å². The maximum absolute atomic E-state index is 12.5. The molecule has 0 saturated heterocycles. The van der Waals surface area contributed by atoms with Crippen molar-refractivity contribution >= 4 is 12.0 Å². The van der Waals surface area contributed by atoms with Crippen LogP contribution < -0.4 is 5.73 Å². The number of fused-ring (bicyclic) bond motifs is 1. The molecule has 2 rings (SSSR count). The fourth-order valence-corrected chi connectivity index (χ4v) is 2.92. The van der Waals surface area contributed by atoms with E-state index >= 15 is 0 Å². The third kappa shape index (κ3) is 2.96. The van der Waals surface area contributed by atoms with Crippen molar-refractivity contribution in [2.45, 2.75) is 65.3 Å². The average Bonchev–Trinajstić information content (AvgIpc) is 2.79. The van der Waals surface area contributed by atoms with Crippen LogP contribution >= 0.6 is 0 Å². The first-order valence-electron chi connectivity index (χ1n) is 7.64. The zero-order valence-electron chi connectivity index (χ0n) is 13.9. The van der Waals surface area contributed by atoms with Crippen molar-refractivity contribution in [2.24, 2.45) is 5.73 Å². The highest BCUT2D eigenvalue weighted by molar-refractivity contribution is 5.85. The fourth-order valence-electron chi connectivity index (χ4n) is 2.92. The maximum atomic E-state index is 12.5. The van der Waals surface area contributed by atoms with Crippen molar-refractivity contribution < 1.29 is 14.3 Å². The Morgan fingerprint density at radius 3 is 2.50 bits per heavy atom. The molecule has 0 fully saturated rings. The topological polar surface area (TPSA) is 77.6 Å². The number of aromatic nitrogens is 1. The van der Waals surface area contributed by atoms with Crippen molar-refractivity contribution in [3.05, 3.63) is 23.5 Å². The lowest BCUT2D eigenvalue weighted by atomic mass is 10.1. The zero-order chi connectivity index (χ0) is 16.7. The molecule has 2 atom stereocenters. The monoisotopic (exact) mass is 307 g/mol. The van der Waals surface area contributed by atoms with Crippen LogP contribution in [0.3, 0.4) is 0 Å².